The van der Waals surface area contributed by atoms with Gasteiger partial charge in [-0.2, -0.15) is 0 Å². The van der Waals surface area contributed by atoms with Crippen molar-refractivity contribution >= 4 is 11.9 Å². The van der Waals surface area contributed by atoms with Crippen LogP contribution in [0.25, 0.3) is 0 Å². The summed E-state index contributed by atoms with van der Waals surface area (Å²) in [4.78, 5) is 32.0. The molecule has 1 aliphatic heterocycles. The van der Waals surface area contributed by atoms with Gasteiger partial charge in [0.1, 0.15) is 5.69 Å². The lowest BCUT2D eigenvalue weighted by atomic mass is 9.97. The zero-order valence-corrected chi connectivity index (χ0v) is 10.5. The summed E-state index contributed by atoms with van der Waals surface area (Å²) >= 11 is 0. The summed E-state index contributed by atoms with van der Waals surface area (Å²) in [5.41, 5.74) is 0.0176. The number of carboxylic acid groups (broad SMARTS) is 1. The third-order valence-electron chi connectivity index (χ3n) is 3.25. The van der Waals surface area contributed by atoms with E-state index in [9.17, 15) is 9.59 Å². The van der Waals surface area contributed by atoms with Gasteiger partial charge in [-0.3, -0.25) is 4.79 Å². The minimum atomic E-state index is -1.15. The van der Waals surface area contributed by atoms with E-state index in [2.05, 4.69) is 16.5 Å². The average Bonchev–Trinajstić information content (AvgIpc) is 2.46. The largest absolute Gasteiger partial charge is 0.476 e. The quantitative estimate of drug-likeness (QED) is 0.827. The van der Waals surface area contributed by atoms with Crippen molar-refractivity contribution in [2.45, 2.75) is 12.8 Å². The van der Waals surface area contributed by atoms with Crippen molar-refractivity contribution in [3.8, 4) is 0 Å². The molecule has 0 unspecified atom stereocenters. The van der Waals surface area contributed by atoms with Gasteiger partial charge in [0.2, 0.25) is 0 Å². The summed E-state index contributed by atoms with van der Waals surface area (Å²) in [6.07, 6.45) is 6.03. The number of allylic oxidation sites excluding steroid dienone is 1. The molecule has 0 atom stereocenters. The van der Waals surface area contributed by atoms with Crippen LogP contribution in [-0.2, 0) is 0 Å². The number of carbonyl (C=O) groups is 2. The van der Waals surface area contributed by atoms with Crippen LogP contribution in [0, 0.1) is 5.92 Å². The number of hydrogen-bond acceptors (Lipinski definition) is 4. The smallest absolute Gasteiger partial charge is 0.356 e. The molecule has 0 aliphatic carbocycles. The number of rotatable bonds is 3. The van der Waals surface area contributed by atoms with Gasteiger partial charge in [0.25, 0.3) is 5.91 Å². The number of carboxylic acids is 1. The molecule has 0 spiro atoms. The van der Waals surface area contributed by atoms with Gasteiger partial charge in [0, 0.05) is 13.1 Å². The minimum Gasteiger partial charge on any atom is -0.476 e. The number of hydrogen-bond donors (Lipinski definition) is 1. The standard InChI is InChI=1S/C13H15N3O3/c1-2-9-3-5-16(6-4-9)12(17)10-7-15-11(8-14-10)13(18)19/h2,7-9H,1,3-6H2,(H,18,19). The van der Waals surface area contributed by atoms with E-state index >= 15 is 0 Å². The monoisotopic (exact) mass is 261 g/mol. The SMILES string of the molecule is C=CC1CCN(C(=O)c2cnc(C(=O)O)cn2)CC1. The fourth-order valence-corrected chi connectivity index (χ4v) is 2.05. The molecular weight excluding hydrogens is 246 g/mol. The van der Waals surface area contributed by atoms with Gasteiger partial charge in [-0.1, -0.05) is 6.08 Å². The van der Waals surface area contributed by atoms with Gasteiger partial charge >= 0.3 is 5.97 Å². The molecule has 2 heterocycles. The van der Waals surface area contributed by atoms with Crippen LogP contribution in [0.2, 0.25) is 0 Å². The first kappa shape index (κ1) is 13.2. The number of aromatic carboxylic acids is 1. The fraction of sp³-hybridized carbons (Fsp3) is 0.385. The van der Waals surface area contributed by atoms with Crippen molar-refractivity contribution in [2.75, 3.05) is 13.1 Å². The van der Waals surface area contributed by atoms with Crippen molar-refractivity contribution < 1.29 is 14.7 Å². The van der Waals surface area contributed by atoms with Crippen molar-refractivity contribution in [1.82, 2.24) is 14.9 Å². The Hall–Kier alpha value is -2.24. The number of piperidine rings is 1. The number of carbonyl (C=O) groups excluding carboxylic acids is 1. The van der Waals surface area contributed by atoms with Gasteiger partial charge in [0.05, 0.1) is 12.4 Å². The van der Waals surface area contributed by atoms with E-state index in [0.29, 0.717) is 19.0 Å². The maximum Gasteiger partial charge on any atom is 0.356 e. The van der Waals surface area contributed by atoms with E-state index in [1.165, 1.54) is 6.20 Å². The van der Waals surface area contributed by atoms with Crippen LogP contribution in [0.5, 0.6) is 0 Å². The zero-order chi connectivity index (χ0) is 13.8. The Morgan fingerprint density at radius 3 is 2.32 bits per heavy atom. The van der Waals surface area contributed by atoms with E-state index in [4.69, 9.17) is 5.11 Å². The molecule has 1 amide bonds. The molecule has 6 heteroatoms. The van der Waals surface area contributed by atoms with Crippen LogP contribution >= 0.6 is 0 Å². The lowest BCUT2D eigenvalue weighted by molar-refractivity contribution is 0.0676. The number of nitrogens with zero attached hydrogens (tertiary/aromatic N) is 3. The molecule has 0 aromatic carbocycles. The lowest BCUT2D eigenvalue weighted by Gasteiger charge is -2.30. The summed E-state index contributed by atoms with van der Waals surface area (Å²) in [7, 11) is 0. The molecule has 100 valence electrons. The molecule has 1 aromatic heterocycles. The van der Waals surface area contributed by atoms with Crippen molar-refractivity contribution in [1.29, 1.82) is 0 Å². The minimum absolute atomic E-state index is 0.165. The highest BCUT2D eigenvalue weighted by molar-refractivity contribution is 5.92. The molecular formula is C13H15N3O3. The highest BCUT2D eigenvalue weighted by atomic mass is 16.4. The zero-order valence-electron chi connectivity index (χ0n) is 10.5. The number of likely N-dealkylation sites (tertiary alicyclic amines) is 1. The molecule has 1 fully saturated rings. The molecule has 0 bridgehead atoms. The van der Waals surface area contributed by atoms with Crippen LogP contribution in [0.15, 0.2) is 25.0 Å². The van der Waals surface area contributed by atoms with Crippen molar-refractivity contribution in [3.05, 3.63) is 36.4 Å². The lowest BCUT2D eigenvalue weighted by Crippen LogP contribution is -2.38. The third kappa shape index (κ3) is 2.96. The van der Waals surface area contributed by atoms with E-state index in [-0.39, 0.29) is 17.3 Å². The second-order valence-corrected chi connectivity index (χ2v) is 4.46. The van der Waals surface area contributed by atoms with E-state index in [1.54, 1.807) is 4.90 Å². The normalized spacial score (nSPS) is 16.1. The molecule has 6 nitrogen and oxygen atoms in total. The molecule has 1 N–H and O–H groups in total. The second-order valence-electron chi connectivity index (χ2n) is 4.46. The average molecular weight is 261 g/mol. The molecule has 1 aliphatic rings. The van der Waals surface area contributed by atoms with E-state index in [1.807, 2.05) is 6.08 Å². The molecule has 1 saturated heterocycles. The molecule has 0 saturated carbocycles. The number of amides is 1. The Bertz CT molecular complexity index is 490. The van der Waals surface area contributed by atoms with Crippen molar-refractivity contribution in [2.24, 2.45) is 5.92 Å². The molecule has 0 radical (unpaired) electrons. The van der Waals surface area contributed by atoms with Crippen LogP contribution in [0.4, 0.5) is 0 Å². The van der Waals surface area contributed by atoms with Crippen LogP contribution < -0.4 is 0 Å². The Morgan fingerprint density at radius 1 is 1.26 bits per heavy atom. The van der Waals surface area contributed by atoms with Gasteiger partial charge in [0.15, 0.2) is 5.69 Å². The van der Waals surface area contributed by atoms with Crippen LogP contribution in [0.3, 0.4) is 0 Å². The summed E-state index contributed by atoms with van der Waals surface area (Å²) in [5, 5.41) is 8.71. The van der Waals surface area contributed by atoms with Crippen LogP contribution in [0.1, 0.15) is 33.8 Å². The Kier molecular flexibility index (Phi) is 3.89. The second kappa shape index (κ2) is 5.60. The fourth-order valence-electron chi connectivity index (χ4n) is 2.05. The van der Waals surface area contributed by atoms with Gasteiger partial charge in [-0.15, -0.1) is 6.58 Å². The Balaban J connectivity index is 2.04. The van der Waals surface area contributed by atoms with Crippen LogP contribution in [-0.4, -0.2) is 44.9 Å². The summed E-state index contributed by atoms with van der Waals surface area (Å²) in [5.74, 6) is -0.894. The highest BCUT2D eigenvalue weighted by Gasteiger charge is 2.23. The first-order chi connectivity index (χ1) is 9.11. The highest BCUT2D eigenvalue weighted by Crippen LogP contribution is 2.18. The molecule has 2 rings (SSSR count). The maximum atomic E-state index is 12.1. The van der Waals surface area contributed by atoms with Crippen molar-refractivity contribution in [3.63, 3.8) is 0 Å². The van der Waals surface area contributed by atoms with E-state index in [0.717, 1.165) is 19.0 Å². The Labute approximate surface area is 110 Å². The van der Waals surface area contributed by atoms with E-state index < -0.39 is 5.97 Å². The summed E-state index contributed by atoms with van der Waals surface area (Å²) in [6.45, 7) is 5.09. The van der Waals surface area contributed by atoms with Gasteiger partial charge in [-0.25, -0.2) is 14.8 Å². The summed E-state index contributed by atoms with van der Waals surface area (Å²) < 4.78 is 0. The third-order valence-corrected chi connectivity index (χ3v) is 3.25. The number of aromatic nitrogens is 2. The first-order valence-corrected chi connectivity index (χ1v) is 6.09. The molecule has 19 heavy (non-hydrogen) atoms. The first-order valence-electron chi connectivity index (χ1n) is 6.09. The van der Waals surface area contributed by atoms with Gasteiger partial charge < -0.3 is 10.0 Å². The predicted octanol–water partition coefficient (Wildman–Crippen LogP) is 1.21. The molecule has 1 aromatic rings. The van der Waals surface area contributed by atoms with Gasteiger partial charge in [-0.05, 0) is 18.8 Å². The Morgan fingerprint density at radius 2 is 1.84 bits per heavy atom. The summed E-state index contributed by atoms with van der Waals surface area (Å²) in [6, 6.07) is 0. The maximum absolute atomic E-state index is 12.1. The topological polar surface area (TPSA) is 83.4 Å². The predicted molar refractivity (Wildman–Crippen MR) is 67.8 cm³/mol.